The molecule has 0 bridgehead atoms. The lowest BCUT2D eigenvalue weighted by Crippen LogP contribution is -2.06. The van der Waals surface area contributed by atoms with Gasteiger partial charge < -0.3 is 4.57 Å². The van der Waals surface area contributed by atoms with E-state index in [4.69, 9.17) is 10.1 Å². The first-order chi connectivity index (χ1) is 10.7. The van der Waals surface area contributed by atoms with E-state index in [0.717, 1.165) is 51.6 Å². The monoisotopic (exact) mass is 357 g/mol. The Balaban J connectivity index is 2.01. The van der Waals surface area contributed by atoms with Crippen molar-refractivity contribution in [2.45, 2.75) is 33.2 Å². The van der Waals surface area contributed by atoms with E-state index in [1.165, 1.54) is 0 Å². The molecule has 0 N–H and O–H groups in total. The third-order valence-corrected chi connectivity index (χ3v) is 4.52. The Bertz CT molecular complexity index is 862. The largest absolute Gasteiger partial charge is 0.300 e. The Labute approximate surface area is 137 Å². The second kappa shape index (κ2) is 5.05. The Morgan fingerprint density at radius 2 is 2.18 bits per heavy atom. The maximum atomic E-state index is 4.77. The van der Waals surface area contributed by atoms with Crippen molar-refractivity contribution in [2.24, 2.45) is 0 Å². The molecular formula is C16H16BrN5. The Hall–Kier alpha value is -1.95. The van der Waals surface area contributed by atoms with E-state index >= 15 is 0 Å². The van der Waals surface area contributed by atoms with Crippen molar-refractivity contribution in [2.75, 3.05) is 0 Å². The fraction of sp³-hybridized carbons (Fsp3) is 0.312. The maximum absolute atomic E-state index is 4.77. The van der Waals surface area contributed by atoms with Crippen LogP contribution in [0.3, 0.4) is 0 Å². The Morgan fingerprint density at radius 3 is 3.00 bits per heavy atom. The number of hydrogen-bond acceptors (Lipinski definition) is 3. The molecule has 112 valence electrons. The van der Waals surface area contributed by atoms with Crippen LogP contribution >= 0.6 is 15.9 Å². The lowest BCUT2D eigenvalue weighted by Gasteiger charge is -2.08. The molecule has 0 unspecified atom stereocenters. The molecule has 3 heterocycles. The van der Waals surface area contributed by atoms with Gasteiger partial charge in [0.25, 0.3) is 0 Å². The van der Waals surface area contributed by atoms with Crippen molar-refractivity contribution in [1.82, 2.24) is 24.3 Å². The van der Waals surface area contributed by atoms with Gasteiger partial charge in [0, 0.05) is 16.5 Å². The third kappa shape index (κ3) is 2.01. The van der Waals surface area contributed by atoms with E-state index in [9.17, 15) is 0 Å². The highest BCUT2D eigenvalue weighted by molar-refractivity contribution is 9.10. The van der Waals surface area contributed by atoms with Crippen LogP contribution in [0.25, 0.3) is 17.1 Å². The maximum Gasteiger partial charge on any atom is 0.160 e. The van der Waals surface area contributed by atoms with Gasteiger partial charge in [0.15, 0.2) is 11.6 Å². The van der Waals surface area contributed by atoms with E-state index in [0.29, 0.717) is 6.54 Å². The van der Waals surface area contributed by atoms with Crippen molar-refractivity contribution in [3.8, 4) is 17.1 Å². The molecule has 1 aliphatic rings. The van der Waals surface area contributed by atoms with E-state index in [1.807, 2.05) is 17.9 Å². The van der Waals surface area contributed by atoms with Gasteiger partial charge in [-0.25, -0.2) is 14.6 Å². The van der Waals surface area contributed by atoms with E-state index in [1.54, 1.807) is 0 Å². The highest BCUT2D eigenvalue weighted by atomic mass is 79.9. The number of aromatic nitrogens is 5. The molecule has 3 aromatic rings. The average Bonchev–Trinajstić information content (AvgIpc) is 3.02. The van der Waals surface area contributed by atoms with Crippen LogP contribution < -0.4 is 0 Å². The number of rotatable bonds is 2. The summed E-state index contributed by atoms with van der Waals surface area (Å²) in [5, 5.41) is 4.70. The lowest BCUT2D eigenvalue weighted by atomic mass is 10.1. The SMILES string of the molecule is CCCc1nc2n(n1)Cc1c(C)ncn1-c1ccc(Br)cc1-2. The summed E-state index contributed by atoms with van der Waals surface area (Å²) < 4.78 is 5.19. The highest BCUT2D eigenvalue weighted by Crippen LogP contribution is 2.33. The first kappa shape index (κ1) is 13.7. The summed E-state index contributed by atoms with van der Waals surface area (Å²) in [7, 11) is 0. The molecule has 0 fully saturated rings. The first-order valence-corrected chi connectivity index (χ1v) is 8.23. The molecule has 4 rings (SSSR count). The fourth-order valence-electron chi connectivity index (χ4n) is 2.93. The van der Waals surface area contributed by atoms with Gasteiger partial charge in [-0.05, 0) is 31.5 Å². The molecule has 0 amide bonds. The van der Waals surface area contributed by atoms with Gasteiger partial charge in [-0.15, -0.1) is 0 Å². The standard InChI is InChI=1S/C16H16BrN5/c1-3-4-15-19-16-12-7-11(17)5-6-13(12)21-9-18-10(2)14(21)8-22(16)20-15/h5-7,9H,3-4,8H2,1-2H3. The van der Waals surface area contributed by atoms with Gasteiger partial charge >= 0.3 is 0 Å². The van der Waals surface area contributed by atoms with Crippen LogP contribution in [-0.4, -0.2) is 24.3 Å². The molecule has 0 saturated carbocycles. The second-order valence-electron chi connectivity index (χ2n) is 5.57. The quantitative estimate of drug-likeness (QED) is 0.551. The molecular weight excluding hydrogens is 342 g/mol. The molecule has 0 spiro atoms. The predicted molar refractivity (Wildman–Crippen MR) is 88.1 cm³/mol. The molecule has 22 heavy (non-hydrogen) atoms. The number of fused-ring (bicyclic) bond motifs is 5. The molecule has 1 aliphatic heterocycles. The van der Waals surface area contributed by atoms with Gasteiger partial charge in [-0.2, -0.15) is 5.10 Å². The van der Waals surface area contributed by atoms with Crippen LogP contribution in [0.2, 0.25) is 0 Å². The van der Waals surface area contributed by atoms with Crippen LogP contribution in [0.4, 0.5) is 0 Å². The molecule has 0 atom stereocenters. The smallest absolute Gasteiger partial charge is 0.160 e. The minimum Gasteiger partial charge on any atom is -0.300 e. The summed E-state index contributed by atoms with van der Waals surface area (Å²) in [5.74, 6) is 1.84. The summed E-state index contributed by atoms with van der Waals surface area (Å²) >= 11 is 3.57. The predicted octanol–water partition coefficient (Wildman–Crippen LogP) is 3.52. The third-order valence-electron chi connectivity index (χ3n) is 4.02. The lowest BCUT2D eigenvalue weighted by molar-refractivity contribution is 0.658. The van der Waals surface area contributed by atoms with Crippen molar-refractivity contribution in [1.29, 1.82) is 0 Å². The fourth-order valence-corrected chi connectivity index (χ4v) is 3.29. The van der Waals surface area contributed by atoms with E-state index in [2.05, 4.69) is 50.6 Å². The topological polar surface area (TPSA) is 48.5 Å². The highest BCUT2D eigenvalue weighted by Gasteiger charge is 2.23. The molecule has 1 aromatic carbocycles. The van der Waals surface area contributed by atoms with Crippen LogP contribution in [0.15, 0.2) is 29.0 Å². The molecule has 2 aromatic heterocycles. The van der Waals surface area contributed by atoms with Crippen molar-refractivity contribution < 1.29 is 0 Å². The Morgan fingerprint density at radius 1 is 1.32 bits per heavy atom. The number of halogens is 1. The van der Waals surface area contributed by atoms with Crippen LogP contribution in [-0.2, 0) is 13.0 Å². The summed E-state index contributed by atoms with van der Waals surface area (Å²) in [6.45, 7) is 4.89. The Kier molecular flexibility index (Phi) is 3.14. The van der Waals surface area contributed by atoms with Crippen LogP contribution in [0.1, 0.15) is 30.6 Å². The van der Waals surface area contributed by atoms with E-state index in [-0.39, 0.29) is 0 Å². The normalized spacial score (nSPS) is 12.5. The summed E-state index contributed by atoms with van der Waals surface area (Å²) in [6.07, 6.45) is 3.84. The molecule has 0 radical (unpaired) electrons. The van der Waals surface area contributed by atoms with Gasteiger partial charge in [0.1, 0.15) is 0 Å². The zero-order valence-corrected chi connectivity index (χ0v) is 14.1. The molecule has 5 nitrogen and oxygen atoms in total. The average molecular weight is 358 g/mol. The van der Waals surface area contributed by atoms with Crippen molar-refractivity contribution in [3.05, 3.63) is 46.2 Å². The first-order valence-electron chi connectivity index (χ1n) is 7.44. The van der Waals surface area contributed by atoms with Crippen LogP contribution in [0.5, 0.6) is 0 Å². The number of hydrogen-bond donors (Lipinski definition) is 0. The van der Waals surface area contributed by atoms with E-state index < -0.39 is 0 Å². The number of benzene rings is 1. The minimum absolute atomic E-state index is 0.699. The summed E-state index contributed by atoms with van der Waals surface area (Å²) in [5.41, 5.74) is 4.39. The molecule has 0 saturated heterocycles. The van der Waals surface area contributed by atoms with Crippen molar-refractivity contribution in [3.63, 3.8) is 0 Å². The zero-order valence-electron chi connectivity index (χ0n) is 12.5. The van der Waals surface area contributed by atoms with Gasteiger partial charge in [0.2, 0.25) is 0 Å². The molecule has 6 heteroatoms. The van der Waals surface area contributed by atoms with Gasteiger partial charge in [-0.3, -0.25) is 0 Å². The van der Waals surface area contributed by atoms with Gasteiger partial charge in [0.05, 0.1) is 29.9 Å². The van der Waals surface area contributed by atoms with Crippen molar-refractivity contribution >= 4 is 15.9 Å². The van der Waals surface area contributed by atoms with Gasteiger partial charge in [-0.1, -0.05) is 22.9 Å². The summed E-state index contributed by atoms with van der Waals surface area (Å²) in [6, 6.07) is 6.26. The second-order valence-corrected chi connectivity index (χ2v) is 6.48. The van der Waals surface area contributed by atoms with Crippen LogP contribution in [0, 0.1) is 6.92 Å². The number of aryl methyl sites for hydroxylation is 2. The summed E-state index contributed by atoms with van der Waals surface area (Å²) in [4.78, 5) is 9.24. The zero-order chi connectivity index (χ0) is 15.3. The molecule has 0 aliphatic carbocycles. The minimum atomic E-state index is 0.699. The number of imidazole rings is 1. The number of nitrogens with zero attached hydrogens (tertiary/aromatic N) is 5.